The predicted molar refractivity (Wildman–Crippen MR) is 72.7 cm³/mol. The lowest BCUT2D eigenvalue weighted by molar-refractivity contribution is -0.143. The van der Waals surface area contributed by atoms with Gasteiger partial charge in [0.05, 0.1) is 19.3 Å². The van der Waals surface area contributed by atoms with Gasteiger partial charge in [0.25, 0.3) is 0 Å². The minimum atomic E-state index is -0.352. The molecule has 0 aromatic carbocycles. The summed E-state index contributed by atoms with van der Waals surface area (Å²) < 4.78 is 4.78. The normalized spacial score (nSPS) is 12.3. The third-order valence-corrected chi connectivity index (χ3v) is 2.53. The Kier molecular flexibility index (Phi) is 10.1. The summed E-state index contributed by atoms with van der Waals surface area (Å²) in [6.07, 6.45) is 1.20. The SMILES string of the molecule is CCOC(=O)CCCNC(=O)CN(C)CCC(C)O. The predicted octanol–water partition coefficient (Wildman–Crippen LogP) is 0.149. The molecule has 0 spiro atoms. The Morgan fingerprint density at radius 3 is 2.68 bits per heavy atom. The number of nitrogens with one attached hydrogen (secondary N) is 1. The van der Waals surface area contributed by atoms with Gasteiger partial charge in [-0.05, 0) is 33.7 Å². The second-order valence-corrected chi connectivity index (χ2v) is 4.63. The Morgan fingerprint density at radius 2 is 2.11 bits per heavy atom. The molecule has 19 heavy (non-hydrogen) atoms. The maximum atomic E-state index is 11.5. The summed E-state index contributed by atoms with van der Waals surface area (Å²) in [5, 5.41) is 11.9. The molecule has 0 aromatic heterocycles. The van der Waals surface area contributed by atoms with Crippen molar-refractivity contribution in [3.8, 4) is 0 Å². The van der Waals surface area contributed by atoms with Crippen LogP contribution in [0.25, 0.3) is 0 Å². The zero-order chi connectivity index (χ0) is 14.7. The maximum absolute atomic E-state index is 11.5. The molecular formula is C13H26N2O4. The molecule has 6 nitrogen and oxygen atoms in total. The summed E-state index contributed by atoms with van der Waals surface area (Å²) in [5.41, 5.74) is 0. The van der Waals surface area contributed by atoms with E-state index in [1.807, 2.05) is 11.9 Å². The highest BCUT2D eigenvalue weighted by atomic mass is 16.5. The number of hydrogen-bond donors (Lipinski definition) is 2. The van der Waals surface area contributed by atoms with E-state index in [9.17, 15) is 9.59 Å². The van der Waals surface area contributed by atoms with Crippen LogP contribution in [0.4, 0.5) is 0 Å². The molecule has 0 rings (SSSR count). The second-order valence-electron chi connectivity index (χ2n) is 4.63. The molecule has 1 amide bonds. The van der Waals surface area contributed by atoms with Gasteiger partial charge in [0, 0.05) is 19.5 Å². The first-order valence-corrected chi connectivity index (χ1v) is 6.74. The van der Waals surface area contributed by atoms with E-state index in [2.05, 4.69) is 5.32 Å². The summed E-state index contributed by atoms with van der Waals surface area (Å²) in [4.78, 5) is 24.4. The Morgan fingerprint density at radius 1 is 1.42 bits per heavy atom. The molecule has 0 aliphatic heterocycles. The number of likely N-dealkylation sites (N-methyl/N-ethyl adjacent to an activating group) is 1. The number of aliphatic hydroxyl groups is 1. The van der Waals surface area contributed by atoms with Crippen LogP contribution in [-0.2, 0) is 14.3 Å². The van der Waals surface area contributed by atoms with E-state index >= 15 is 0 Å². The van der Waals surface area contributed by atoms with Crippen molar-refractivity contribution in [1.29, 1.82) is 0 Å². The molecule has 0 saturated heterocycles. The molecular weight excluding hydrogens is 248 g/mol. The fourth-order valence-electron chi connectivity index (χ4n) is 1.48. The third-order valence-electron chi connectivity index (χ3n) is 2.53. The molecule has 0 saturated carbocycles. The van der Waals surface area contributed by atoms with Crippen LogP contribution in [-0.4, -0.2) is 61.3 Å². The Hall–Kier alpha value is -1.14. The van der Waals surface area contributed by atoms with Crippen molar-refractivity contribution in [2.24, 2.45) is 0 Å². The number of amides is 1. The fourth-order valence-corrected chi connectivity index (χ4v) is 1.48. The van der Waals surface area contributed by atoms with Gasteiger partial charge in [-0.1, -0.05) is 0 Å². The monoisotopic (exact) mass is 274 g/mol. The van der Waals surface area contributed by atoms with E-state index in [1.165, 1.54) is 0 Å². The van der Waals surface area contributed by atoms with Gasteiger partial charge in [-0.2, -0.15) is 0 Å². The Labute approximate surface area is 115 Å². The van der Waals surface area contributed by atoms with Crippen LogP contribution in [0.1, 0.15) is 33.1 Å². The number of carbonyl (C=O) groups is 2. The van der Waals surface area contributed by atoms with E-state index in [0.717, 1.165) is 0 Å². The van der Waals surface area contributed by atoms with E-state index in [1.54, 1.807) is 13.8 Å². The van der Waals surface area contributed by atoms with Gasteiger partial charge in [0.15, 0.2) is 0 Å². The molecule has 0 aromatic rings. The molecule has 0 aliphatic rings. The summed E-state index contributed by atoms with van der Waals surface area (Å²) in [6, 6.07) is 0. The molecule has 2 N–H and O–H groups in total. The van der Waals surface area contributed by atoms with Crippen molar-refractivity contribution in [1.82, 2.24) is 10.2 Å². The van der Waals surface area contributed by atoms with Gasteiger partial charge in [0.2, 0.25) is 5.91 Å². The Balaban J connectivity index is 3.56. The highest BCUT2D eigenvalue weighted by molar-refractivity contribution is 5.78. The molecule has 6 heteroatoms. The van der Waals surface area contributed by atoms with Crippen LogP contribution in [0.5, 0.6) is 0 Å². The first-order valence-electron chi connectivity index (χ1n) is 6.74. The van der Waals surface area contributed by atoms with Gasteiger partial charge >= 0.3 is 5.97 Å². The lowest BCUT2D eigenvalue weighted by Crippen LogP contribution is -2.36. The van der Waals surface area contributed by atoms with Crippen LogP contribution in [0.3, 0.4) is 0 Å². The first-order chi connectivity index (χ1) is 8.95. The van der Waals surface area contributed by atoms with Gasteiger partial charge in [-0.25, -0.2) is 0 Å². The maximum Gasteiger partial charge on any atom is 0.305 e. The van der Waals surface area contributed by atoms with Crippen LogP contribution in [0, 0.1) is 0 Å². The van der Waals surface area contributed by atoms with Crippen molar-refractivity contribution in [3.63, 3.8) is 0 Å². The highest BCUT2D eigenvalue weighted by Crippen LogP contribution is 1.94. The van der Waals surface area contributed by atoms with Gasteiger partial charge in [0.1, 0.15) is 0 Å². The van der Waals surface area contributed by atoms with Gasteiger partial charge in [-0.15, -0.1) is 0 Å². The molecule has 1 unspecified atom stereocenters. The lowest BCUT2D eigenvalue weighted by atomic mass is 10.3. The molecule has 0 bridgehead atoms. The van der Waals surface area contributed by atoms with E-state index in [-0.39, 0.29) is 18.0 Å². The van der Waals surface area contributed by atoms with E-state index < -0.39 is 0 Å². The largest absolute Gasteiger partial charge is 0.466 e. The van der Waals surface area contributed by atoms with Crippen molar-refractivity contribution in [3.05, 3.63) is 0 Å². The molecule has 0 aliphatic carbocycles. The zero-order valence-corrected chi connectivity index (χ0v) is 12.1. The number of esters is 1. The van der Waals surface area contributed by atoms with Crippen LogP contribution >= 0.6 is 0 Å². The molecule has 0 fully saturated rings. The van der Waals surface area contributed by atoms with Crippen LogP contribution in [0.15, 0.2) is 0 Å². The number of carbonyl (C=O) groups excluding carboxylic acids is 2. The van der Waals surface area contributed by atoms with Crippen molar-refractivity contribution in [2.75, 3.05) is 33.3 Å². The van der Waals surface area contributed by atoms with Crippen molar-refractivity contribution in [2.45, 2.75) is 39.2 Å². The van der Waals surface area contributed by atoms with Crippen molar-refractivity contribution >= 4 is 11.9 Å². The number of ether oxygens (including phenoxy) is 1. The number of hydrogen-bond acceptors (Lipinski definition) is 5. The van der Waals surface area contributed by atoms with Crippen LogP contribution in [0.2, 0.25) is 0 Å². The summed E-state index contributed by atoms with van der Waals surface area (Å²) in [7, 11) is 1.83. The minimum absolute atomic E-state index is 0.0723. The number of nitrogens with zero attached hydrogens (tertiary/aromatic N) is 1. The van der Waals surface area contributed by atoms with Crippen LogP contribution < -0.4 is 5.32 Å². The van der Waals surface area contributed by atoms with E-state index in [0.29, 0.717) is 45.5 Å². The standard InChI is InChI=1S/C13H26N2O4/c1-4-19-13(18)6-5-8-14-12(17)10-15(3)9-7-11(2)16/h11,16H,4-10H2,1-3H3,(H,14,17). The summed E-state index contributed by atoms with van der Waals surface area (Å²) >= 11 is 0. The number of aliphatic hydroxyl groups excluding tert-OH is 1. The third kappa shape index (κ3) is 11.7. The highest BCUT2D eigenvalue weighted by Gasteiger charge is 2.07. The van der Waals surface area contributed by atoms with E-state index in [4.69, 9.17) is 9.84 Å². The average Bonchev–Trinajstić information content (AvgIpc) is 2.32. The lowest BCUT2D eigenvalue weighted by Gasteiger charge is -2.16. The quantitative estimate of drug-likeness (QED) is 0.438. The fraction of sp³-hybridized carbons (Fsp3) is 0.846. The second kappa shape index (κ2) is 10.8. The molecule has 0 radical (unpaired) electrons. The Bertz CT molecular complexity index is 269. The molecule has 112 valence electrons. The average molecular weight is 274 g/mol. The summed E-state index contributed by atoms with van der Waals surface area (Å²) in [5.74, 6) is -0.303. The minimum Gasteiger partial charge on any atom is -0.466 e. The first kappa shape index (κ1) is 17.9. The molecule has 0 heterocycles. The van der Waals surface area contributed by atoms with Crippen molar-refractivity contribution < 1.29 is 19.4 Å². The molecule has 1 atom stereocenters. The van der Waals surface area contributed by atoms with Gasteiger partial charge in [-0.3, -0.25) is 14.5 Å². The number of rotatable bonds is 10. The van der Waals surface area contributed by atoms with Gasteiger partial charge < -0.3 is 15.2 Å². The smallest absolute Gasteiger partial charge is 0.305 e. The zero-order valence-electron chi connectivity index (χ0n) is 12.1. The summed E-state index contributed by atoms with van der Waals surface area (Å²) in [6.45, 7) is 5.33. The topological polar surface area (TPSA) is 78.9 Å².